The van der Waals surface area contributed by atoms with E-state index in [1.54, 1.807) is 5.69 Å². The molecule has 84 valence electrons. The van der Waals surface area contributed by atoms with Crippen molar-refractivity contribution in [2.75, 3.05) is 0 Å². The summed E-state index contributed by atoms with van der Waals surface area (Å²) in [4.78, 5) is 0. The Labute approximate surface area is 95.5 Å². The SMILES string of the molecule is C=CC(C)[SiH](C)n1ccc(CC)c1CC. The van der Waals surface area contributed by atoms with Crippen LogP contribution >= 0.6 is 0 Å². The van der Waals surface area contributed by atoms with Gasteiger partial charge in [-0.25, -0.2) is 0 Å². The van der Waals surface area contributed by atoms with Crippen LogP contribution in [0.2, 0.25) is 12.1 Å². The molecule has 0 aliphatic rings. The van der Waals surface area contributed by atoms with Crippen molar-refractivity contribution in [2.45, 2.75) is 45.7 Å². The summed E-state index contributed by atoms with van der Waals surface area (Å²) in [5.41, 5.74) is 3.73. The normalized spacial score (nSPS) is 14.9. The van der Waals surface area contributed by atoms with Crippen LogP contribution in [0.15, 0.2) is 24.9 Å². The maximum absolute atomic E-state index is 3.91. The Hall–Kier alpha value is -0.763. The third kappa shape index (κ3) is 2.43. The van der Waals surface area contributed by atoms with Crippen LogP contribution in [0.25, 0.3) is 0 Å². The molecule has 0 saturated heterocycles. The van der Waals surface area contributed by atoms with Crippen LogP contribution in [-0.4, -0.2) is 13.2 Å². The van der Waals surface area contributed by atoms with Gasteiger partial charge in [0.1, 0.15) is 8.96 Å². The molecule has 15 heavy (non-hydrogen) atoms. The zero-order valence-electron chi connectivity index (χ0n) is 10.5. The molecule has 0 saturated carbocycles. The Balaban J connectivity index is 3.03. The van der Waals surface area contributed by atoms with Gasteiger partial charge in [-0.05, 0) is 36.2 Å². The summed E-state index contributed by atoms with van der Waals surface area (Å²) in [6, 6.07) is 2.29. The summed E-state index contributed by atoms with van der Waals surface area (Å²) in [5.74, 6) is 0. The molecule has 1 nitrogen and oxygen atoms in total. The van der Waals surface area contributed by atoms with Gasteiger partial charge in [0.2, 0.25) is 0 Å². The molecule has 1 heterocycles. The van der Waals surface area contributed by atoms with E-state index in [4.69, 9.17) is 0 Å². The molecule has 0 fully saturated rings. The van der Waals surface area contributed by atoms with E-state index >= 15 is 0 Å². The monoisotopic (exact) mass is 221 g/mol. The highest BCUT2D eigenvalue weighted by molar-refractivity contribution is 6.58. The van der Waals surface area contributed by atoms with Crippen molar-refractivity contribution >= 4 is 8.96 Å². The lowest BCUT2D eigenvalue weighted by atomic mass is 10.2. The van der Waals surface area contributed by atoms with E-state index in [-0.39, 0.29) is 0 Å². The zero-order valence-corrected chi connectivity index (χ0v) is 11.6. The molecular weight excluding hydrogens is 198 g/mol. The van der Waals surface area contributed by atoms with Gasteiger partial charge in [0.25, 0.3) is 0 Å². The van der Waals surface area contributed by atoms with Crippen molar-refractivity contribution in [3.63, 3.8) is 0 Å². The molecule has 0 aliphatic heterocycles. The highest BCUT2D eigenvalue weighted by atomic mass is 28.3. The van der Waals surface area contributed by atoms with Gasteiger partial charge in [0.15, 0.2) is 0 Å². The van der Waals surface area contributed by atoms with Crippen LogP contribution in [0, 0.1) is 0 Å². The Morgan fingerprint density at radius 3 is 2.60 bits per heavy atom. The Kier molecular flexibility index (Phi) is 4.39. The van der Waals surface area contributed by atoms with E-state index in [1.807, 2.05) is 0 Å². The molecule has 1 aromatic heterocycles. The van der Waals surface area contributed by atoms with Gasteiger partial charge in [-0.2, -0.15) is 0 Å². The van der Waals surface area contributed by atoms with Crippen LogP contribution < -0.4 is 0 Å². The van der Waals surface area contributed by atoms with Crippen molar-refractivity contribution < 1.29 is 0 Å². The van der Waals surface area contributed by atoms with Gasteiger partial charge in [-0.1, -0.05) is 33.4 Å². The van der Waals surface area contributed by atoms with Gasteiger partial charge < -0.3 is 4.23 Å². The summed E-state index contributed by atoms with van der Waals surface area (Å²) in [6.07, 6.45) is 6.69. The van der Waals surface area contributed by atoms with Crippen LogP contribution in [0.1, 0.15) is 32.0 Å². The number of hydrogen-bond donors (Lipinski definition) is 0. The van der Waals surface area contributed by atoms with E-state index in [9.17, 15) is 0 Å². The number of rotatable bonds is 5. The number of nitrogens with zero attached hydrogens (tertiary/aromatic N) is 1. The first kappa shape index (κ1) is 12.3. The second kappa shape index (κ2) is 5.36. The molecule has 2 heteroatoms. The van der Waals surface area contributed by atoms with Crippen LogP contribution in [0.4, 0.5) is 0 Å². The van der Waals surface area contributed by atoms with Crippen molar-refractivity contribution in [1.29, 1.82) is 0 Å². The first-order valence-electron chi connectivity index (χ1n) is 5.96. The predicted octanol–water partition coefficient (Wildman–Crippen LogP) is 3.39. The Morgan fingerprint density at radius 1 is 1.47 bits per heavy atom. The molecular formula is C13H23NSi. The van der Waals surface area contributed by atoms with E-state index in [1.165, 1.54) is 5.56 Å². The molecule has 0 amide bonds. The zero-order chi connectivity index (χ0) is 11.4. The van der Waals surface area contributed by atoms with Crippen molar-refractivity contribution in [2.24, 2.45) is 0 Å². The third-order valence-corrected chi connectivity index (χ3v) is 6.56. The summed E-state index contributed by atoms with van der Waals surface area (Å²) >= 11 is 0. The average molecular weight is 221 g/mol. The van der Waals surface area contributed by atoms with Crippen molar-refractivity contribution in [3.8, 4) is 0 Å². The molecule has 0 aliphatic carbocycles. The molecule has 0 bridgehead atoms. The first-order valence-corrected chi connectivity index (χ1v) is 8.30. The second-order valence-corrected chi connectivity index (χ2v) is 7.33. The minimum Gasteiger partial charge on any atom is -0.380 e. The molecule has 0 radical (unpaired) electrons. The second-order valence-electron chi connectivity index (χ2n) is 4.24. The largest absolute Gasteiger partial charge is 0.380 e. The fourth-order valence-electron chi connectivity index (χ4n) is 2.09. The van der Waals surface area contributed by atoms with Gasteiger partial charge in [-0.15, -0.1) is 6.58 Å². The average Bonchev–Trinajstić information content (AvgIpc) is 2.69. The maximum Gasteiger partial charge on any atom is 0.148 e. The van der Waals surface area contributed by atoms with E-state index < -0.39 is 8.96 Å². The topological polar surface area (TPSA) is 4.93 Å². The van der Waals surface area contributed by atoms with Gasteiger partial charge in [0.05, 0.1) is 0 Å². The molecule has 0 aromatic carbocycles. The van der Waals surface area contributed by atoms with E-state index in [2.05, 4.69) is 56.5 Å². The summed E-state index contributed by atoms with van der Waals surface area (Å²) in [6.45, 7) is 13.1. The molecule has 2 atom stereocenters. The van der Waals surface area contributed by atoms with Crippen molar-refractivity contribution in [1.82, 2.24) is 4.23 Å². The van der Waals surface area contributed by atoms with E-state index in [0.29, 0.717) is 5.54 Å². The standard InChI is InChI=1S/C13H23NSi/c1-6-11(4)15(5)14-10-9-12(7-2)13(14)8-3/h6,9-11,15H,1,7-8H2,2-5H3. The number of allylic oxidation sites excluding steroid dienone is 1. The summed E-state index contributed by atoms with van der Waals surface area (Å²) < 4.78 is 2.55. The number of hydrogen-bond acceptors (Lipinski definition) is 0. The molecule has 1 rings (SSSR count). The highest BCUT2D eigenvalue weighted by Crippen LogP contribution is 2.19. The van der Waals surface area contributed by atoms with E-state index in [0.717, 1.165) is 12.8 Å². The summed E-state index contributed by atoms with van der Waals surface area (Å²) in [5, 5.41) is 0. The van der Waals surface area contributed by atoms with Crippen LogP contribution in [0.5, 0.6) is 0 Å². The molecule has 0 N–H and O–H groups in total. The van der Waals surface area contributed by atoms with Crippen LogP contribution in [-0.2, 0) is 12.8 Å². The molecule has 2 unspecified atom stereocenters. The molecule has 1 aromatic rings. The van der Waals surface area contributed by atoms with Gasteiger partial charge >= 0.3 is 0 Å². The Morgan fingerprint density at radius 2 is 2.13 bits per heavy atom. The smallest absolute Gasteiger partial charge is 0.148 e. The lowest BCUT2D eigenvalue weighted by Crippen LogP contribution is -2.25. The highest BCUT2D eigenvalue weighted by Gasteiger charge is 2.16. The fraction of sp³-hybridized carbons (Fsp3) is 0.538. The predicted molar refractivity (Wildman–Crippen MR) is 71.2 cm³/mol. The van der Waals surface area contributed by atoms with Gasteiger partial charge in [0, 0.05) is 5.69 Å². The lowest BCUT2D eigenvalue weighted by Gasteiger charge is -2.20. The maximum atomic E-state index is 3.91. The quantitative estimate of drug-likeness (QED) is 0.530. The minimum atomic E-state index is -0.906. The number of aromatic nitrogens is 1. The first-order chi connectivity index (χ1) is 7.15. The Bertz CT molecular complexity index is 327. The van der Waals surface area contributed by atoms with Gasteiger partial charge in [-0.3, -0.25) is 0 Å². The fourth-order valence-corrected chi connectivity index (χ4v) is 4.18. The number of aryl methyl sites for hydroxylation is 1. The molecule has 0 spiro atoms. The summed E-state index contributed by atoms with van der Waals surface area (Å²) in [7, 11) is -0.906. The third-order valence-electron chi connectivity index (χ3n) is 3.41. The van der Waals surface area contributed by atoms with Crippen molar-refractivity contribution in [3.05, 3.63) is 36.2 Å². The minimum absolute atomic E-state index is 0.660. The lowest BCUT2D eigenvalue weighted by molar-refractivity contribution is 0.933. The van der Waals surface area contributed by atoms with Crippen LogP contribution in [0.3, 0.4) is 0 Å².